The van der Waals surface area contributed by atoms with Gasteiger partial charge in [-0.15, -0.1) is 12.4 Å². The lowest BCUT2D eigenvalue weighted by Crippen LogP contribution is -2.24. The summed E-state index contributed by atoms with van der Waals surface area (Å²) in [5, 5.41) is 11.0. The van der Waals surface area contributed by atoms with Crippen molar-refractivity contribution in [1.29, 1.82) is 0 Å². The maximum Gasteiger partial charge on any atom is 0.280 e. The van der Waals surface area contributed by atoms with E-state index in [1.54, 1.807) is 30.3 Å². The second kappa shape index (κ2) is 7.19. The third-order valence-electron chi connectivity index (χ3n) is 2.75. The molecule has 8 heteroatoms. The van der Waals surface area contributed by atoms with Crippen LogP contribution in [0.3, 0.4) is 0 Å². The number of guanidine groups is 1. The van der Waals surface area contributed by atoms with Gasteiger partial charge in [-0.05, 0) is 23.8 Å². The maximum atomic E-state index is 11.8. The molecule has 0 unspecified atom stereocenters. The molecule has 114 valence electrons. The number of aliphatic imine (C=N–C) groups is 1. The summed E-state index contributed by atoms with van der Waals surface area (Å²) in [4.78, 5) is 25.8. The first-order valence-electron chi connectivity index (χ1n) is 5.97. The molecule has 0 aliphatic heterocycles. The van der Waals surface area contributed by atoms with Crippen molar-refractivity contribution in [3.63, 3.8) is 0 Å². The Bertz CT molecular complexity index is 742. The highest BCUT2D eigenvalue weighted by Crippen LogP contribution is 2.29. The Hall–Kier alpha value is -2.93. The highest BCUT2D eigenvalue weighted by molar-refractivity contribution is 6.02. The number of para-hydroxylation sites is 1. The average molecular weight is 321 g/mol. The molecule has 2 aromatic rings. The van der Waals surface area contributed by atoms with Crippen molar-refractivity contribution in [3.05, 3.63) is 64.2 Å². The number of hydrogen-bond acceptors (Lipinski definition) is 3. The Morgan fingerprint density at radius 3 is 2.41 bits per heavy atom. The number of nitro groups is 1. The van der Waals surface area contributed by atoms with Crippen LogP contribution in [0.2, 0.25) is 0 Å². The predicted octanol–water partition coefficient (Wildman–Crippen LogP) is 2.10. The minimum Gasteiger partial charge on any atom is -0.370 e. The molecule has 0 spiro atoms. The largest absolute Gasteiger partial charge is 0.370 e. The molecule has 0 aromatic heterocycles. The summed E-state index contributed by atoms with van der Waals surface area (Å²) in [6.45, 7) is 0. The summed E-state index contributed by atoms with van der Waals surface area (Å²) in [6, 6.07) is 12.6. The number of nitrogens with two attached hydrogens (primary N) is 2. The lowest BCUT2D eigenvalue weighted by Gasteiger charge is -2.04. The Balaban J connectivity index is 0.00000242. The van der Waals surface area contributed by atoms with E-state index in [4.69, 9.17) is 11.5 Å². The monoisotopic (exact) mass is 320 g/mol. The molecule has 0 saturated heterocycles. The van der Waals surface area contributed by atoms with Crippen LogP contribution in [-0.4, -0.2) is 16.8 Å². The molecule has 2 aromatic carbocycles. The number of nitrogens with zero attached hydrogens (tertiary/aromatic N) is 2. The van der Waals surface area contributed by atoms with Gasteiger partial charge in [0.25, 0.3) is 11.6 Å². The summed E-state index contributed by atoms with van der Waals surface area (Å²) < 4.78 is 0. The molecule has 0 fully saturated rings. The van der Waals surface area contributed by atoms with Gasteiger partial charge in [0.05, 0.1) is 10.5 Å². The maximum absolute atomic E-state index is 11.8. The van der Waals surface area contributed by atoms with Crippen LogP contribution in [0.5, 0.6) is 0 Å². The first-order chi connectivity index (χ1) is 9.99. The molecule has 0 bridgehead atoms. The molecule has 7 nitrogen and oxygen atoms in total. The molecule has 0 aliphatic rings. The predicted molar refractivity (Wildman–Crippen MR) is 85.9 cm³/mol. The van der Waals surface area contributed by atoms with E-state index < -0.39 is 10.8 Å². The van der Waals surface area contributed by atoms with Gasteiger partial charge < -0.3 is 11.5 Å². The zero-order chi connectivity index (χ0) is 15.4. The molecule has 0 radical (unpaired) electrons. The van der Waals surface area contributed by atoms with E-state index >= 15 is 0 Å². The van der Waals surface area contributed by atoms with Crippen LogP contribution >= 0.6 is 12.4 Å². The van der Waals surface area contributed by atoms with Gasteiger partial charge >= 0.3 is 0 Å². The molecule has 1 amide bonds. The fourth-order valence-corrected chi connectivity index (χ4v) is 1.88. The highest BCUT2D eigenvalue weighted by atomic mass is 35.5. The molecule has 0 aliphatic carbocycles. The standard InChI is InChI=1S/C14H12N4O3.ClH/c15-14(16)17-13(19)10-5-3-4-9(8-10)11-6-1-2-7-12(11)18(20)21;/h1-8H,(H4,15,16,17,19);1H. The van der Waals surface area contributed by atoms with Gasteiger partial charge in [-0.2, -0.15) is 4.99 Å². The summed E-state index contributed by atoms with van der Waals surface area (Å²) in [5.74, 6) is -0.938. The second-order valence-corrected chi connectivity index (χ2v) is 4.20. The van der Waals surface area contributed by atoms with Crippen LogP contribution in [0.25, 0.3) is 11.1 Å². The van der Waals surface area contributed by atoms with Crippen LogP contribution in [0.4, 0.5) is 5.69 Å². The number of carbonyl (C=O) groups is 1. The topological polar surface area (TPSA) is 125 Å². The average Bonchev–Trinajstić information content (AvgIpc) is 2.46. The SMILES string of the molecule is Cl.NC(N)=NC(=O)c1cccc(-c2ccccc2[N+](=O)[O-])c1. The van der Waals surface area contributed by atoms with Crippen molar-refractivity contribution < 1.29 is 9.72 Å². The number of halogens is 1. The minimum atomic E-state index is -0.601. The van der Waals surface area contributed by atoms with E-state index in [9.17, 15) is 14.9 Å². The van der Waals surface area contributed by atoms with Crippen molar-refractivity contribution in [3.8, 4) is 11.1 Å². The third kappa shape index (κ3) is 3.80. The zero-order valence-electron chi connectivity index (χ0n) is 11.3. The molecule has 0 heterocycles. The van der Waals surface area contributed by atoms with E-state index in [-0.39, 0.29) is 29.6 Å². The lowest BCUT2D eigenvalue weighted by molar-refractivity contribution is -0.384. The first-order valence-corrected chi connectivity index (χ1v) is 5.97. The van der Waals surface area contributed by atoms with Gasteiger partial charge in [-0.3, -0.25) is 14.9 Å². The molecule has 2 rings (SSSR count). The van der Waals surface area contributed by atoms with Crippen molar-refractivity contribution in [2.75, 3.05) is 0 Å². The second-order valence-electron chi connectivity index (χ2n) is 4.20. The number of rotatable bonds is 3. The molecule has 0 saturated carbocycles. The van der Waals surface area contributed by atoms with E-state index in [0.717, 1.165) is 0 Å². The van der Waals surface area contributed by atoms with Crippen LogP contribution in [0.15, 0.2) is 53.5 Å². The van der Waals surface area contributed by atoms with Crippen molar-refractivity contribution in [2.24, 2.45) is 16.5 Å². The smallest absolute Gasteiger partial charge is 0.280 e. The molecular weight excluding hydrogens is 308 g/mol. The van der Waals surface area contributed by atoms with Crippen LogP contribution in [-0.2, 0) is 0 Å². The summed E-state index contributed by atoms with van der Waals surface area (Å²) in [5.41, 5.74) is 11.5. The normalized spacial score (nSPS) is 9.45. The Labute approximate surface area is 132 Å². The summed E-state index contributed by atoms with van der Waals surface area (Å²) in [6.07, 6.45) is 0. The van der Waals surface area contributed by atoms with Gasteiger partial charge in [0.2, 0.25) is 0 Å². The number of benzene rings is 2. The lowest BCUT2D eigenvalue weighted by atomic mass is 10.0. The highest BCUT2D eigenvalue weighted by Gasteiger charge is 2.15. The fourth-order valence-electron chi connectivity index (χ4n) is 1.88. The van der Waals surface area contributed by atoms with Gasteiger partial charge in [0.15, 0.2) is 5.96 Å². The summed E-state index contributed by atoms with van der Waals surface area (Å²) in [7, 11) is 0. The Morgan fingerprint density at radius 1 is 1.09 bits per heavy atom. The number of nitro benzene ring substituents is 1. The van der Waals surface area contributed by atoms with Crippen LogP contribution in [0.1, 0.15) is 10.4 Å². The van der Waals surface area contributed by atoms with Gasteiger partial charge in [-0.25, -0.2) is 0 Å². The summed E-state index contributed by atoms with van der Waals surface area (Å²) >= 11 is 0. The molecule has 22 heavy (non-hydrogen) atoms. The van der Waals surface area contributed by atoms with Crippen molar-refractivity contribution in [1.82, 2.24) is 0 Å². The Kier molecular flexibility index (Phi) is 5.59. The number of carbonyl (C=O) groups excluding carboxylic acids is 1. The van der Waals surface area contributed by atoms with E-state index in [1.165, 1.54) is 18.2 Å². The van der Waals surface area contributed by atoms with Gasteiger partial charge in [0, 0.05) is 11.6 Å². The van der Waals surface area contributed by atoms with Crippen LogP contribution in [0, 0.1) is 10.1 Å². The number of hydrogen-bond donors (Lipinski definition) is 2. The van der Waals surface area contributed by atoms with Crippen molar-refractivity contribution in [2.45, 2.75) is 0 Å². The molecule has 4 N–H and O–H groups in total. The quantitative estimate of drug-likeness (QED) is 0.388. The molecule has 0 atom stereocenters. The fraction of sp³-hybridized carbons (Fsp3) is 0. The van der Waals surface area contributed by atoms with Gasteiger partial charge in [0.1, 0.15) is 0 Å². The van der Waals surface area contributed by atoms with Gasteiger partial charge in [-0.1, -0.05) is 24.3 Å². The van der Waals surface area contributed by atoms with Crippen LogP contribution < -0.4 is 11.5 Å². The Morgan fingerprint density at radius 2 is 1.77 bits per heavy atom. The third-order valence-corrected chi connectivity index (χ3v) is 2.75. The first kappa shape index (κ1) is 17.1. The zero-order valence-corrected chi connectivity index (χ0v) is 12.1. The number of amides is 1. The van der Waals surface area contributed by atoms with E-state index in [2.05, 4.69) is 4.99 Å². The van der Waals surface area contributed by atoms with Crippen molar-refractivity contribution >= 4 is 30.0 Å². The van der Waals surface area contributed by atoms with E-state index in [1.807, 2.05) is 0 Å². The van der Waals surface area contributed by atoms with E-state index in [0.29, 0.717) is 11.1 Å². The molecular formula is C14H13ClN4O3. The minimum absolute atomic E-state index is 0.